The molecule has 18 heavy (non-hydrogen) atoms. The molecule has 0 saturated carbocycles. The van der Waals surface area contributed by atoms with Gasteiger partial charge in [-0.25, -0.2) is 9.98 Å². The number of nitrogens with two attached hydrogens (primary N) is 1. The number of amidine groups is 2. The molecule has 2 aromatic carbocycles. The van der Waals surface area contributed by atoms with Gasteiger partial charge in [-0.1, -0.05) is 48.5 Å². The molecule has 0 spiro atoms. The zero-order valence-electron chi connectivity index (χ0n) is 10.2. The molecule has 0 bridgehead atoms. The largest absolute Gasteiger partial charge is 0.387 e. The van der Waals surface area contributed by atoms with Gasteiger partial charge < -0.3 is 5.73 Å². The molecule has 0 heterocycles. The molecule has 0 aliphatic heterocycles. The van der Waals surface area contributed by atoms with Gasteiger partial charge in [-0.3, -0.25) is 0 Å². The molecular weight excluding hydrogens is 222 g/mol. The maximum absolute atomic E-state index is 5.65. The SMILES string of the molecule is CC(N)=NC(=Nc1ccccc1)c1ccccc1. The van der Waals surface area contributed by atoms with Crippen LogP contribution in [0.5, 0.6) is 0 Å². The van der Waals surface area contributed by atoms with Gasteiger partial charge in [0, 0.05) is 5.56 Å². The smallest absolute Gasteiger partial charge is 0.161 e. The summed E-state index contributed by atoms with van der Waals surface area (Å²) in [4.78, 5) is 8.81. The summed E-state index contributed by atoms with van der Waals surface area (Å²) in [6.45, 7) is 1.75. The van der Waals surface area contributed by atoms with Crippen LogP contribution in [0.1, 0.15) is 12.5 Å². The predicted molar refractivity (Wildman–Crippen MR) is 76.4 cm³/mol. The van der Waals surface area contributed by atoms with Crippen molar-refractivity contribution in [3.63, 3.8) is 0 Å². The molecule has 2 N–H and O–H groups in total. The van der Waals surface area contributed by atoms with Crippen LogP contribution in [0.3, 0.4) is 0 Å². The van der Waals surface area contributed by atoms with Gasteiger partial charge in [0.25, 0.3) is 0 Å². The highest BCUT2D eigenvalue weighted by Crippen LogP contribution is 2.13. The second-order valence-electron chi connectivity index (χ2n) is 3.89. The van der Waals surface area contributed by atoms with E-state index in [2.05, 4.69) is 9.98 Å². The van der Waals surface area contributed by atoms with Crippen LogP contribution >= 0.6 is 0 Å². The Kier molecular flexibility index (Phi) is 3.86. The van der Waals surface area contributed by atoms with Crippen molar-refractivity contribution in [1.29, 1.82) is 0 Å². The van der Waals surface area contributed by atoms with Crippen molar-refractivity contribution in [2.45, 2.75) is 6.92 Å². The highest BCUT2D eigenvalue weighted by molar-refractivity contribution is 6.06. The second kappa shape index (κ2) is 5.77. The Morgan fingerprint density at radius 2 is 1.44 bits per heavy atom. The topological polar surface area (TPSA) is 50.7 Å². The fourth-order valence-corrected chi connectivity index (χ4v) is 1.53. The van der Waals surface area contributed by atoms with E-state index >= 15 is 0 Å². The Morgan fingerprint density at radius 1 is 0.889 bits per heavy atom. The number of aliphatic imine (C=N–C) groups is 2. The Balaban J connectivity index is 2.44. The number of benzene rings is 2. The maximum Gasteiger partial charge on any atom is 0.161 e. The molecule has 0 atom stereocenters. The van der Waals surface area contributed by atoms with Gasteiger partial charge >= 0.3 is 0 Å². The minimum absolute atomic E-state index is 0.494. The standard InChI is InChI=1S/C15H15N3/c1-12(16)17-15(13-8-4-2-5-9-13)18-14-10-6-3-7-11-14/h2-11H,1H3,(H2,16,17,18). The fourth-order valence-electron chi connectivity index (χ4n) is 1.53. The number of para-hydroxylation sites is 1. The van der Waals surface area contributed by atoms with E-state index in [9.17, 15) is 0 Å². The summed E-state index contributed by atoms with van der Waals surface area (Å²) >= 11 is 0. The third-order valence-electron chi connectivity index (χ3n) is 2.31. The van der Waals surface area contributed by atoms with Gasteiger partial charge in [0.2, 0.25) is 0 Å². The molecular formula is C15H15N3. The zero-order chi connectivity index (χ0) is 12.8. The number of nitrogens with zero attached hydrogens (tertiary/aromatic N) is 2. The van der Waals surface area contributed by atoms with E-state index < -0.39 is 0 Å². The first-order valence-electron chi connectivity index (χ1n) is 5.75. The van der Waals surface area contributed by atoms with Gasteiger partial charge in [-0.15, -0.1) is 0 Å². The third-order valence-corrected chi connectivity index (χ3v) is 2.31. The molecule has 2 aromatic rings. The third kappa shape index (κ3) is 3.28. The van der Waals surface area contributed by atoms with E-state index in [0.717, 1.165) is 11.3 Å². The van der Waals surface area contributed by atoms with Crippen LogP contribution in [0, 0.1) is 0 Å². The Hall–Kier alpha value is -2.42. The number of hydrogen-bond acceptors (Lipinski definition) is 1. The molecule has 0 fully saturated rings. The minimum Gasteiger partial charge on any atom is -0.387 e. The molecule has 90 valence electrons. The van der Waals surface area contributed by atoms with Crippen molar-refractivity contribution in [2.24, 2.45) is 15.7 Å². The average molecular weight is 237 g/mol. The first-order valence-corrected chi connectivity index (χ1v) is 5.75. The fraction of sp³-hybridized carbons (Fsp3) is 0.0667. The van der Waals surface area contributed by atoms with Crippen molar-refractivity contribution in [1.82, 2.24) is 0 Å². The van der Waals surface area contributed by atoms with Crippen LogP contribution in [0.25, 0.3) is 0 Å². The lowest BCUT2D eigenvalue weighted by molar-refractivity contribution is 1.42. The van der Waals surface area contributed by atoms with Crippen LogP contribution in [0.15, 0.2) is 70.6 Å². The van der Waals surface area contributed by atoms with E-state index in [4.69, 9.17) is 5.73 Å². The van der Waals surface area contributed by atoms with Crippen molar-refractivity contribution in [2.75, 3.05) is 0 Å². The summed E-state index contributed by atoms with van der Waals surface area (Å²) in [5.41, 5.74) is 7.47. The highest BCUT2D eigenvalue weighted by atomic mass is 15.0. The molecule has 0 aliphatic rings. The zero-order valence-corrected chi connectivity index (χ0v) is 10.2. The molecule has 0 amide bonds. The summed E-state index contributed by atoms with van der Waals surface area (Å²) in [5.74, 6) is 1.12. The molecule has 0 unspecified atom stereocenters. The van der Waals surface area contributed by atoms with Gasteiger partial charge in [0.15, 0.2) is 5.84 Å². The maximum atomic E-state index is 5.65. The molecule has 0 aromatic heterocycles. The summed E-state index contributed by atoms with van der Waals surface area (Å²) in [6.07, 6.45) is 0. The minimum atomic E-state index is 0.494. The molecule has 0 aliphatic carbocycles. The first kappa shape index (κ1) is 12.0. The van der Waals surface area contributed by atoms with E-state index in [1.807, 2.05) is 60.7 Å². The average Bonchev–Trinajstić information content (AvgIpc) is 2.40. The van der Waals surface area contributed by atoms with E-state index in [1.165, 1.54) is 0 Å². The van der Waals surface area contributed by atoms with Crippen molar-refractivity contribution >= 4 is 17.4 Å². The Labute approximate surface area is 107 Å². The van der Waals surface area contributed by atoms with Gasteiger partial charge in [0.1, 0.15) is 0 Å². The van der Waals surface area contributed by atoms with Crippen LogP contribution in [0.4, 0.5) is 5.69 Å². The molecule has 0 saturated heterocycles. The van der Waals surface area contributed by atoms with E-state index in [1.54, 1.807) is 6.92 Å². The molecule has 2 rings (SSSR count). The number of hydrogen-bond donors (Lipinski definition) is 1. The predicted octanol–water partition coefficient (Wildman–Crippen LogP) is 3.14. The van der Waals surface area contributed by atoms with Crippen LogP contribution in [-0.2, 0) is 0 Å². The van der Waals surface area contributed by atoms with Crippen molar-refractivity contribution in [3.8, 4) is 0 Å². The van der Waals surface area contributed by atoms with E-state index in [0.29, 0.717) is 11.7 Å². The van der Waals surface area contributed by atoms with Gasteiger partial charge in [0.05, 0.1) is 11.5 Å². The lowest BCUT2D eigenvalue weighted by atomic mass is 10.2. The Morgan fingerprint density at radius 3 is 2.00 bits per heavy atom. The highest BCUT2D eigenvalue weighted by Gasteiger charge is 2.01. The normalized spacial score (nSPS) is 12.5. The van der Waals surface area contributed by atoms with Crippen LogP contribution in [0.2, 0.25) is 0 Å². The van der Waals surface area contributed by atoms with Crippen molar-refractivity contribution in [3.05, 3.63) is 66.2 Å². The van der Waals surface area contributed by atoms with Crippen molar-refractivity contribution < 1.29 is 0 Å². The Bertz CT molecular complexity index is 553. The summed E-state index contributed by atoms with van der Waals surface area (Å²) in [7, 11) is 0. The quantitative estimate of drug-likeness (QED) is 0.633. The molecule has 3 heteroatoms. The number of rotatable bonds is 2. The first-order chi connectivity index (χ1) is 8.75. The van der Waals surface area contributed by atoms with Crippen LogP contribution < -0.4 is 5.73 Å². The summed E-state index contributed by atoms with van der Waals surface area (Å²) < 4.78 is 0. The van der Waals surface area contributed by atoms with E-state index in [-0.39, 0.29) is 0 Å². The molecule has 3 nitrogen and oxygen atoms in total. The lowest BCUT2D eigenvalue weighted by Gasteiger charge is -2.02. The lowest BCUT2D eigenvalue weighted by Crippen LogP contribution is -2.10. The summed E-state index contributed by atoms with van der Waals surface area (Å²) in [6, 6.07) is 19.5. The molecule has 0 radical (unpaired) electrons. The second-order valence-corrected chi connectivity index (χ2v) is 3.89. The van der Waals surface area contributed by atoms with Gasteiger partial charge in [-0.2, -0.15) is 0 Å². The monoisotopic (exact) mass is 237 g/mol. The van der Waals surface area contributed by atoms with Gasteiger partial charge in [-0.05, 0) is 19.1 Å². The van der Waals surface area contributed by atoms with Crippen LogP contribution in [-0.4, -0.2) is 11.7 Å². The summed E-state index contributed by atoms with van der Waals surface area (Å²) in [5, 5.41) is 0.